The Kier molecular flexibility index (Phi) is 5.01. The number of hydrogen-bond acceptors (Lipinski definition) is 5. The summed E-state index contributed by atoms with van der Waals surface area (Å²) in [6.07, 6.45) is 0. The number of nitrogens with one attached hydrogen (secondary N) is 2. The summed E-state index contributed by atoms with van der Waals surface area (Å²) in [5.41, 5.74) is 0.917. The van der Waals surface area contributed by atoms with Crippen molar-refractivity contribution in [3.63, 3.8) is 0 Å². The zero-order valence-electron chi connectivity index (χ0n) is 11.4. The molecule has 20 heavy (non-hydrogen) atoms. The Bertz CT molecular complexity index is 556. The summed E-state index contributed by atoms with van der Waals surface area (Å²) < 4.78 is 5.27. The van der Waals surface area contributed by atoms with E-state index in [-0.39, 0.29) is 11.4 Å². The van der Waals surface area contributed by atoms with Crippen LogP contribution in [0.2, 0.25) is 0 Å². The Morgan fingerprint density at radius 1 is 1.35 bits per heavy atom. The number of ether oxygens (including phenoxy) is 1. The molecule has 0 radical (unpaired) electrons. The van der Waals surface area contributed by atoms with Gasteiger partial charge in [0.25, 0.3) is 11.6 Å². The molecule has 8 nitrogen and oxygen atoms in total. The number of rotatable bonds is 4. The van der Waals surface area contributed by atoms with Gasteiger partial charge in [0.15, 0.2) is 6.61 Å². The molecule has 0 unspecified atom stereocenters. The minimum atomic E-state index is -0.647. The number of nitro groups is 1. The van der Waals surface area contributed by atoms with Crippen LogP contribution in [-0.4, -0.2) is 30.5 Å². The first-order valence-electron chi connectivity index (χ1n) is 5.75. The fourth-order valence-electron chi connectivity index (χ4n) is 1.60. The van der Waals surface area contributed by atoms with Crippen molar-refractivity contribution >= 4 is 17.6 Å². The lowest BCUT2D eigenvalue weighted by Gasteiger charge is -2.11. The number of nitrogens with zero attached hydrogens (tertiary/aromatic N) is 1. The van der Waals surface area contributed by atoms with Crippen LogP contribution in [0, 0.1) is 24.0 Å². The molecule has 0 heterocycles. The Hall–Kier alpha value is -2.64. The summed E-state index contributed by atoms with van der Waals surface area (Å²) in [7, 11) is 1.37. The third-order valence-electron chi connectivity index (χ3n) is 2.60. The highest BCUT2D eigenvalue weighted by molar-refractivity contribution is 5.94. The van der Waals surface area contributed by atoms with Gasteiger partial charge >= 0.3 is 6.03 Å². The molecule has 0 spiro atoms. The predicted molar refractivity (Wildman–Crippen MR) is 70.7 cm³/mol. The van der Waals surface area contributed by atoms with Crippen LogP contribution in [0.1, 0.15) is 11.1 Å². The smallest absolute Gasteiger partial charge is 0.321 e. The van der Waals surface area contributed by atoms with Crippen molar-refractivity contribution in [2.45, 2.75) is 13.8 Å². The summed E-state index contributed by atoms with van der Waals surface area (Å²) in [4.78, 5) is 32.6. The molecule has 0 atom stereocenters. The number of imide groups is 1. The maximum absolute atomic E-state index is 11.4. The second kappa shape index (κ2) is 6.50. The Morgan fingerprint density at radius 3 is 2.55 bits per heavy atom. The van der Waals surface area contributed by atoms with Gasteiger partial charge in [-0.05, 0) is 25.5 Å². The highest BCUT2D eigenvalue weighted by Crippen LogP contribution is 2.30. The first-order valence-corrected chi connectivity index (χ1v) is 5.75. The normalized spacial score (nSPS) is 9.75. The zero-order valence-corrected chi connectivity index (χ0v) is 11.4. The van der Waals surface area contributed by atoms with Gasteiger partial charge in [-0.3, -0.25) is 20.2 Å². The van der Waals surface area contributed by atoms with Crippen molar-refractivity contribution in [1.29, 1.82) is 0 Å². The SMILES string of the molecule is CNC(=O)NC(=O)COc1c(C)ccc([N+](=O)[O-])c1C. The molecular formula is C12H15N3O5. The largest absolute Gasteiger partial charge is 0.483 e. The monoisotopic (exact) mass is 281 g/mol. The number of aryl methyl sites for hydroxylation is 1. The maximum Gasteiger partial charge on any atom is 0.321 e. The maximum atomic E-state index is 11.4. The lowest BCUT2D eigenvalue weighted by molar-refractivity contribution is -0.385. The van der Waals surface area contributed by atoms with Crippen molar-refractivity contribution in [3.05, 3.63) is 33.4 Å². The summed E-state index contributed by atoms with van der Waals surface area (Å²) in [6, 6.07) is 2.27. The number of urea groups is 1. The molecule has 0 aliphatic carbocycles. The molecule has 108 valence electrons. The second-order valence-corrected chi connectivity index (χ2v) is 4.03. The van der Waals surface area contributed by atoms with Crippen molar-refractivity contribution in [3.8, 4) is 5.75 Å². The Balaban J connectivity index is 2.82. The van der Waals surface area contributed by atoms with Gasteiger partial charge in [-0.2, -0.15) is 0 Å². The number of nitro benzene ring substituents is 1. The zero-order chi connectivity index (χ0) is 15.3. The fraction of sp³-hybridized carbons (Fsp3) is 0.333. The molecule has 2 N–H and O–H groups in total. The van der Waals surface area contributed by atoms with Crippen LogP contribution in [0.3, 0.4) is 0 Å². The molecule has 1 rings (SSSR count). The minimum Gasteiger partial charge on any atom is -0.483 e. The van der Waals surface area contributed by atoms with E-state index in [1.807, 2.05) is 5.32 Å². The van der Waals surface area contributed by atoms with Gasteiger partial charge in [0, 0.05) is 13.1 Å². The molecule has 0 saturated carbocycles. The average molecular weight is 281 g/mol. The molecule has 0 aliphatic rings. The molecule has 1 aromatic carbocycles. The fourth-order valence-corrected chi connectivity index (χ4v) is 1.60. The standard InChI is InChI=1S/C12H15N3O5/c1-7-4-5-9(15(18)19)8(2)11(7)20-6-10(16)14-12(17)13-3/h4-5H,6H2,1-3H3,(H2,13,14,16,17). The van der Waals surface area contributed by atoms with Gasteiger partial charge in [0.1, 0.15) is 5.75 Å². The summed E-state index contributed by atoms with van der Waals surface area (Å²) >= 11 is 0. The predicted octanol–water partition coefficient (Wildman–Crippen LogP) is 1.05. The van der Waals surface area contributed by atoms with Crippen LogP contribution >= 0.6 is 0 Å². The van der Waals surface area contributed by atoms with Gasteiger partial charge < -0.3 is 10.1 Å². The van der Waals surface area contributed by atoms with Crippen molar-refractivity contribution in [1.82, 2.24) is 10.6 Å². The van der Waals surface area contributed by atoms with E-state index in [1.54, 1.807) is 6.92 Å². The lowest BCUT2D eigenvalue weighted by atomic mass is 10.1. The van der Waals surface area contributed by atoms with Crippen LogP contribution in [0.5, 0.6) is 5.75 Å². The minimum absolute atomic E-state index is 0.0858. The van der Waals surface area contributed by atoms with Crippen molar-refractivity contribution in [2.24, 2.45) is 0 Å². The Morgan fingerprint density at radius 2 is 2.00 bits per heavy atom. The average Bonchev–Trinajstić information content (AvgIpc) is 2.37. The van der Waals surface area contributed by atoms with Gasteiger partial charge in [0.2, 0.25) is 0 Å². The number of hydrogen-bond donors (Lipinski definition) is 2. The van der Waals surface area contributed by atoms with Crippen molar-refractivity contribution < 1.29 is 19.2 Å². The van der Waals surface area contributed by atoms with Crippen LogP contribution in [0.4, 0.5) is 10.5 Å². The topological polar surface area (TPSA) is 111 Å². The Labute approximate surface area is 115 Å². The molecule has 8 heteroatoms. The third kappa shape index (κ3) is 3.67. The van der Waals surface area contributed by atoms with Crippen LogP contribution < -0.4 is 15.4 Å². The quantitative estimate of drug-likeness (QED) is 0.633. The summed E-state index contributed by atoms with van der Waals surface area (Å²) in [5, 5.41) is 15.1. The van der Waals surface area contributed by atoms with Gasteiger partial charge in [-0.25, -0.2) is 4.79 Å². The molecule has 0 aromatic heterocycles. The molecule has 0 fully saturated rings. The molecule has 3 amide bonds. The number of carbonyl (C=O) groups is 2. The second-order valence-electron chi connectivity index (χ2n) is 4.03. The van der Waals surface area contributed by atoms with E-state index in [2.05, 4.69) is 5.32 Å². The van der Waals surface area contributed by atoms with E-state index >= 15 is 0 Å². The number of benzene rings is 1. The molecule has 0 aliphatic heterocycles. The molecule has 0 bridgehead atoms. The van der Waals surface area contributed by atoms with E-state index in [4.69, 9.17) is 4.74 Å². The van der Waals surface area contributed by atoms with E-state index in [1.165, 1.54) is 26.1 Å². The summed E-state index contributed by atoms with van der Waals surface area (Å²) in [5.74, 6) is -0.374. The van der Waals surface area contributed by atoms with Crippen LogP contribution in [0.15, 0.2) is 12.1 Å². The summed E-state index contributed by atoms with van der Waals surface area (Å²) in [6.45, 7) is 2.84. The lowest BCUT2D eigenvalue weighted by Crippen LogP contribution is -2.40. The number of carbonyl (C=O) groups excluding carboxylic acids is 2. The van der Waals surface area contributed by atoms with E-state index in [9.17, 15) is 19.7 Å². The molecular weight excluding hydrogens is 266 g/mol. The van der Waals surface area contributed by atoms with Crippen LogP contribution in [-0.2, 0) is 4.79 Å². The van der Waals surface area contributed by atoms with Gasteiger partial charge in [-0.15, -0.1) is 0 Å². The number of amides is 3. The highest BCUT2D eigenvalue weighted by atomic mass is 16.6. The van der Waals surface area contributed by atoms with E-state index in [0.29, 0.717) is 11.1 Å². The molecule has 0 saturated heterocycles. The van der Waals surface area contributed by atoms with E-state index in [0.717, 1.165) is 0 Å². The van der Waals surface area contributed by atoms with Crippen molar-refractivity contribution in [2.75, 3.05) is 13.7 Å². The first-order chi connectivity index (χ1) is 9.36. The van der Waals surface area contributed by atoms with Gasteiger partial charge in [0.05, 0.1) is 10.5 Å². The highest BCUT2D eigenvalue weighted by Gasteiger charge is 2.18. The third-order valence-corrected chi connectivity index (χ3v) is 2.60. The van der Waals surface area contributed by atoms with Crippen LogP contribution in [0.25, 0.3) is 0 Å². The molecule has 1 aromatic rings. The first kappa shape index (κ1) is 15.4. The van der Waals surface area contributed by atoms with E-state index < -0.39 is 23.5 Å². The van der Waals surface area contributed by atoms with Gasteiger partial charge in [-0.1, -0.05) is 0 Å².